The molecule has 0 spiro atoms. The molecule has 2 rings (SSSR count). The smallest absolute Gasteiger partial charge is 0.162 e. The molecule has 4 heteroatoms. The summed E-state index contributed by atoms with van der Waals surface area (Å²) in [4.78, 5) is 0. The predicted molar refractivity (Wildman–Crippen MR) is 84.7 cm³/mol. The van der Waals surface area contributed by atoms with Gasteiger partial charge in [-0.25, -0.2) is 0 Å². The van der Waals surface area contributed by atoms with Gasteiger partial charge in [0, 0.05) is 19.4 Å². The Morgan fingerprint density at radius 1 is 1.18 bits per heavy atom. The maximum Gasteiger partial charge on any atom is 0.162 e. The van der Waals surface area contributed by atoms with E-state index in [1.165, 1.54) is 0 Å². The van der Waals surface area contributed by atoms with Gasteiger partial charge in [-0.1, -0.05) is 18.1 Å². The van der Waals surface area contributed by atoms with Crippen molar-refractivity contribution < 1.29 is 18.9 Å². The SMILES string of the molecule is CC#C[C@@H](C)[C@@H]1OC(Cc2ccc(OC)cc2)O[C@H]1COC. The minimum Gasteiger partial charge on any atom is -0.497 e. The predicted octanol–water partition coefficient (Wildman–Crippen LogP) is 2.65. The fourth-order valence-electron chi connectivity index (χ4n) is 2.67. The Kier molecular flexibility index (Phi) is 6.26. The summed E-state index contributed by atoms with van der Waals surface area (Å²) in [6.07, 6.45) is 0.298. The monoisotopic (exact) mass is 304 g/mol. The molecular formula is C18H24O4. The van der Waals surface area contributed by atoms with Gasteiger partial charge >= 0.3 is 0 Å². The molecule has 1 saturated heterocycles. The van der Waals surface area contributed by atoms with Gasteiger partial charge in [-0.3, -0.25) is 0 Å². The highest BCUT2D eigenvalue weighted by Crippen LogP contribution is 2.27. The number of hydrogen-bond donors (Lipinski definition) is 0. The Morgan fingerprint density at radius 3 is 2.50 bits per heavy atom. The fourth-order valence-corrected chi connectivity index (χ4v) is 2.67. The van der Waals surface area contributed by atoms with Crippen LogP contribution in [0.2, 0.25) is 0 Å². The van der Waals surface area contributed by atoms with Gasteiger partial charge in [0.25, 0.3) is 0 Å². The molecule has 1 aliphatic heterocycles. The average Bonchev–Trinajstić information content (AvgIpc) is 2.91. The molecule has 1 heterocycles. The maximum atomic E-state index is 6.07. The van der Waals surface area contributed by atoms with E-state index in [1.807, 2.05) is 31.2 Å². The third-order valence-electron chi connectivity index (χ3n) is 3.76. The summed E-state index contributed by atoms with van der Waals surface area (Å²) < 4.78 is 22.5. The Balaban J connectivity index is 2.00. The van der Waals surface area contributed by atoms with Crippen molar-refractivity contribution in [2.45, 2.75) is 38.8 Å². The van der Waals surface area contributed by atoms with Crippen LogP contribution in [-0.4, -0.2) is 39.3 Å². The number of ether oxygens (including phenoxy) is 4. The number of hydrogen-bond acceptors (Lipinski definition) is 4. The Hall–Kier alpha value is -1.54. The van der Waals surface area contributed by atoms with Gasteiger partial charge in [-0.05, 0) is 31.5 Å². The van der Waals surface area contributed by atoms with E-state index in [9.17, 15) is 0 Å². The van der Waals surface area contributed by atoms with Crippen molar-refractivity contribution in [3.8, 4) is 17.6 Å². The van der Waals surface area contributed by atoms with Crippen molar-refractivity contribution in [3.63, 3.8) is 0 Å². The molecule has 4 nitrogen and oxygen atoms in total. The highest BCUT2D eigenvalue weighted by Gasteiger charge is 2.38. The molecule has 22 heavy (non-hydrogen) atoms. The molecule has 0 aliphatic carbocycles. The molecule has 0 radical (unpaired) electrons. The van der Waals surface area contributed by atoms with Gasteiger partial charge in [-0.15, -0.1) is 5.92 Å². The van der Waals surface area contributed by atoms with Gasteiger partial charge in [0.15, 0.2) is 6.29 Å². The molecule has 1 aromatic rings. The lowest BCUT2D eigenvalue weighted by Gasteiger charge is -2.18. The van der Waals surface area contributed by atoms with Crippen molar-refractivity contribution >= 4 is 0 Å². The van der Waals surface area contributed by atoms with Crippen molar-refractivity contribution in [3.05, 3.63) is 29.8 Å². The number of methoxy groups -OCH3 is 2. The van der Waals surface area contributed by atoms with E-state index in [2.05, 4.69) is 18.8 Å². The summed E-state index contributed by atoms with van der Waals surface area (Å²) >= 11 is 0. The first-order valence-electron chi connectivity index (χ1n) is 7.53. The van der Waals surface area contributed by atoms with E-state index in [0.717, 1.165) is 11.3 Å². The van der Waals surface area contributed by atoms with Crippen molar-refractivity contribution in [2.75, 3.05) is 20.8 Å². The summed E-state index contributed by atoms with van der Waals surface area (Å²) in [5, 5.41) is 0. The lowest BCUT2D eigenvalue weighted by Crippen LogP contribution is -2.32. The molecule has 1 fully saturated rings. The maximum absolute atomic E-state index is 6.07. The lowest BCUT2D eigenvalue weighted by molar-refractivity contribution is -0.0727. The number of benzene rings is 1. The van der Waals surface area contributed by atoms with E-state index in [-0.39, 0.29) is 24.4 Å². The second kappa shape index (κ2) is 8.19. The van der Waals surface area contributed by atoms with Gasteiger partial charge in [0.05, 0.1) is 13.7 Å². The van der Waals surface area contributed by atoms with Gasteiger partial charge in [0.1, 0.15) is 18.0 Å². The summed E-state index contributed by atoms with van der Waals surface area (Å²) in [5.41, 5.74) is 1.15. The molecule has 4 atom stereocenters. The largest absolute Gasteiger partial charge is 0.497 e. The minimum absolute atomic E-state index is 0.0596. The van der Waals surface area contributed by atoms with Crippen LogP contribution in [0.5, 0.6) is 5.75 Å². The van der Waals surface area contributed by atoms with Gasteiger partial charge in [-0.2, -0.15) is 0 Å². The molecule has 1 aliphatic rings. The summed E-state index contributed by atoms with van der Waals surface area (Å²) in [6.45, 7) is 4.41. The molecule has 0 N–H and O–H groups in total. The van der Waals surface area contributed by atoms with Crippen LogP contribution in [0.4, 0.5) is 0 Å². The highest BCUT2D eigenvalue weighted by atomic mass is 16.7. The molecule has 1 aromatic carbocycles. The van der Waals surface area contributed by atoms with E-state index in [4.69, 9.17) is 18.9 Å². The first-order valence-corrected chi connectivity index (χ1v) is 7.53. The second-order valence-electron chi connectivity index (χ2n) is 5.40. The molecule has 0 aromatic heterocycles. The number of rotatable bonds is 6. The lowest BCUT2D eigenvalue weighted by atomic mass is 10.0. The van der Waals surface area contributed by atoms with Crippen LogP contribution in [0, 0.1) is 17.8 Å². The van der Waals surface area contributed by atoms with Gasteiger partial charge < -0.3 is 18.9 Å². The summed E-state index contributed by atoms with van der Waals surface area (Å²) in [7, 11) is 3.34. The fraction of sp³-hybridized carbons (Fsp3) is 0.556. The third-order valence-corrected chi connectivity index (χ3v) is 3.76. The quantitative estimate of drug-likeness (QED) is 0.757. The minimum atomic E-state index is -0.264. The van der Waals surface area contributed by atoms with Crippen LogP contribution < -0.4 is 4.74 Å². The van der Waals surface area contributed by atoms with E-state index < -0.39 is 0 Å². The van der Waals surface area contributed by atoms with Crippen LogP contribution in [0.1, 0.15) is 19.4 Å². The normalized spacial score (nSPS) is 25.4. The standard InChI is InChI=1S/C18H24O4/c1-5-6-13(2)18-16(12-19-3)21-17(22-18)11-14-7-9-15(20-4)10-8-14/h7-10,13,16-18H,11-12H2,1-4H3/t13-,16+,17?,18+/m1/s1. The van der Waals surface area contributed by atoms with E-state index in [1.54, 1.807) is 14.2 Å². The molecule has 1 unspecified atom stereocenters. The van der Waals surface area contributed by atoms with Crippen molar-refractivity contribution in [2.24, 2.45) is 5.92 Å². The first kappa shape index (κ1) is 16.8. The zero-order valence-electron chi connectivity index (χ0n) is 13.7. The van der Waals surface area contributed by atoms with Crippen molar-refractivity contribution in [1.29, 1.82) is 0 Å². The molecular weight excluding hydrogens is 280 g/mol. The Morgan fingerprint density at radius 2 is 1.91 bits per heavy atom. The van der Waals surface area contributed by atoms with Crippen molar-refractivity contribution in [1.82, 2.24) is 0 Å². The zero-order valence-corrected chi connectivity index (χ0v) is 13.7. The van der Waals surface area contributed by atoms with Crippen LogP contribution >= 0.6 is 0 Å². The molecule has 120 valence electrons. The zero-order chi connectivity index (χ0) is 15.9. The summed E-state index contributed by atoms with van der Waals surface area (Å²) in [6, 6.07) is 7.94. The van der Waals surface area contributed by atoms with E-state index >= 15 is 0 Å². The second-order valence-corrected chi connectivity index (χ2v) is 5.40. The van der Waals surface area contributed by atoms with Gasteiger partial charge in [0.2, 0.25) is 0 Å². The Labute approximate surface area is 132 Å². The van der Waals surface area contributed by atoms with Crippen LogP contribution in [-0.2, 0) is 20.6 Å². The third kappa shape index (κ3) is 4.23. The van der Waals surface area contributed by atoms with Crippen LogP contribution in [0.15, 0.2) is 24.3 Å². The van der Waals surface area contributed by atoms with Crippen LogP contribution in [0.3, 0.4) is 0 Å². The molecule has 0 bridgehead atoms. The molecule has 0 saturated carbocycles. The molecule has 0 amide bonds. The average molecular weight is 304 g/mol. The first-order chi connectivity index (χ1) is 10.7. The summed E-state index contributed by atoms with van der Waals surface area (Å²) in [5.74, 6) is 7.06. The highest BCUT2D eigenvalue weighted by molar-refractivity contribution is 5.27. The van der Waals surface area contributed by atoms with Crippen LogP contribution in [0.25, 0.3) is 0 Å². The Bertz CT molecular complexity index is 514. The topological polar surface area (TPSA) is 36.9 Å². The van der Waals surface area contributed by atoms with E-state index in [0.29, 0.717) is 13.0 Å².